The standard InChI is InChI=1S/C21H22N2O3S/c1-26-17-7-4-8-18-19(17)22-21(27-18)23(11-12-24)20(25)16-10-9-14-5-2-3-6-15(14)13-16/h4,7-10,13,24H,2-3,5-6,11-12H2,1H3. The van der Waals surface area contributed by atoms with E-state index in [1.807, 2.05) is 30.3 Å². The summed E-state index contributed by atoms with van der Waals surface area (Å²) in [5, 5.41) is 10.1. The van der Waals surface area contributed by atoms with Gasteiger partial charge in [0.1, 0.15) is 11.3 Å². The molecule has 0 spiro atoms. The number of amides is 1. The van der Waals surface area contributed by atoms with Crippen molar-refractivity contribution in [3.63, 3.8) is 0 Å². The Morgan fingerprint density at radius 1 is 1.22 bits per heavy atom. The van der Waals surface area contributed by atoms with Crippen LogP contribution in [0.3, 0.4) is 0 Å². The van der Waals surface area contributed by atoms with E-state index in [1.54, 1.807) is 12.0 Å². The first-order chi connectivity index (χ1) is 13.2. The molecule has 0 radical (unpaired) electrons. The van der Waals surface area contributed by atoms with Crippen LogP contribution in [-0.2, 0) is 12.8 Å². The van der Waals surface area contributed by atoms with Gasteiger partial charge in [-0.3, -0.25) is 9.69 Å². The molecule has 1 heterocycles. The van der Waals surface area contributed by atoms with E-state index in [4.69, 9.17) is 4.74 Å². The summed E-state index contributed by atoms with van der Waals surface area (Å²) in [7, 11) is 1.61. The molecule has 4 rings (SSSR count). The summed E-state index contributed by atoms with van der Waals surface area (Å²) >= 11 is 1.43. The molecule has 1 N–H and O–H groups in total. The lowest BCUT2D eigenvalue weighted by molar-refractivity contribution is 0.0981. The molecule has 1 aliphatic rings. The third-order valence-electron chi connectivity index (χ3n) is 4.99. The number of hydrogen-bond acceptors (Lipinski definition) is 5. The van der Waals surface area contributed by atoms with Crippen molar-refractivity contribution < 1.29 is 14.6 Å². The number of rotatable bonds is 5. The first-order valence-corrected chi connectivity index (χ1v) is 10.0. The molecule has 3 aromatic rings. The van der Waals surface area contributed by atoms with Crippen LogP contribution in [-0.4, -0.2) is 36.3 Å². The molecule has 0 saturated heterocycles. The van der Waals surface area contributed by atoms with Crippen molar-refractivity contribution >= 4 is 32.6 Å². The number of aliphatic hydroxyl groups is 1. The topological polar surface area (TPSA) is 62.7 Å². The Kier molecular flexibility index (Phi) is 5.09. The molecule has 0 fully saturated rings. The van der Waals surface area contributed by atoms with Gasteiger partial charge in [-0.1, -0.05) is 23.5 Å². The van der Waals surface area contributed by atoms with E-state index in [-0.39, 0.29) is 19.1 Å². The Morgan fingerprint density at radius 3 is 2.81 bits per heavy atom. The van der Waals surface area contributed by atoms with Gasteiger partial charge in [0.05, 0.1) is 25.0 Å². The average Bonchev–Trinajstić information content (AvgIpc) is 3.15. The maximum Gasteiger partial charge on any atom is 0.260 e. The Labute approximate surface area is 162 Å². The lowest BCUT2D eigenvalue weighted by Crippen LogP contribution is -2.33. The molecule has 0 saturated carbocycles. The van der Waals surface area contributed by atoms with Gasteiger partial charge in [0.15, 0.2) is 5.13 Å². The molecule has 0 unspecified atom stereocenters. The van der Waals surface area contributed by atoms with Gasteiger partial charge in [-0.25, -0.2) is 4.98 Å². The van der Waals surface area contributed by atoms with E-state index in [9.17, 15) is 9.90 Å². The summed E-state index contributed by atoms with van der Waals surface area (Å²) in [6.45, 7) is 0.0851. The number of aromatic nitrogens is 1. The summed E-state index contributed by atoms with van der Waals surface area (Å²) in [4.78, 5) is 19.4. The molecule has 1 amide bonds. The van der Waals surface area contributed by atoms with Gasteiger partial charge in [0.25, 0.3) is 5.91 Å². The fraction of sp³-hybridized carbons (Fsp3) is 0.333. The Bertz CT molecular complexity index is 983. The lowest BCUT2D eigenvalue weighted by Gasteiger charge is -2.21. The van der Waals surface area contributed by atoms with Crippen LogP contribution >= 0.6 is 11.3 Å². The SMILES string of the molecule is COc1cccc2sc(N(CCO)C(=O)c3ccc4c(c3)CCCC4)nc12. The molecular weight excluding hydrogens is 360 g/mol. The van der Waals surface area contributed by atoms with E-state index < -0.39 is 0 Å². The van der Waals surface area contributed by atoms with E-state index >= 15 is 0 Å². The molecule has 6 heteroatoms. The summed E-state index contributed by atoms with van der Waals surface area (Å²) in [5.41, 5.74) is 4.00. The number of anilines is 1. The number of carbonyl (C=O) groups is 1. The predicted octanol–water partition coefficient (Wildman–Crippen LogP) is 3.82. The van der Waals surface area contributed by atoms with Crippen molar-refractivity contribution in [1.82, 2.24) is 4.98 Å². The minimum atomic E-state index is -0.129. The lowest BCUT2D eigenvalue weighted by atomic mass is 9.90. The van der Waals surface area contributed by atoms with Gasteiger partial charge in [-0.15, -0.1) is 0 Å². The van der Waals surface area contributed by atoms with Crippen LogP contribution < -0.4 is 9.64 Å². The van der Waals surface area contributed by atoms with Gasteiger partial charge < -0.3 is 9.84 Å². The number of thiazole rings is 1. The highest BCUT2D eigenvalue weighted by atomic mass is 32.1. The quantitative estimate of drug-likeness (QED) is 0.729. The van der Waals surface area contributed by atoms with Crippen LogP contribution in [0, 0.1) is 0 Å². The van der Waals surface area contributed by atoms with E-state index in [0.717, 1.165) is 23.1 Å². The zero-order valence-electron chi connectivity index (χ0n) is 15.3. The van der Waals surface area contributed by atoms with Crippen LogP contribution in [0.5, 0.6) is 5.75 Å². The second-order valence-electron chi connectivity index (χ2n) is 6.67. The minimum absolute atomic E-state index is 0.121. The van der Waals surface area contributed by atoms with Crippen LogP contribution in [0.1, 0.15) is 34.3 Å². The Balaban J connectivity index is 1.71. The maximum absolute atomic E-state index is 13.2. The van der Waals surface area contributed by atoms with Gasteiger partial charge in [-0.2, -0.15) is 0 Å². The van der Waals surface area contributed by atoms with E-state index in [1.165, 1.54) is 35.3 Å². The number of aliphatic hydroxyl groups excluding tert-OH is 1. The van der Waals surface area contributed by atoms with Crippen molar-refractivity contribution in [3.8, 4) is 5.75 Å². The number of ether oxygens (including phenoxy) is 1. The van der Waals surface area contributed by atoms with Gasteiger partial charge in [0, 0.05) is 5.56 Å². The van der Waals surface area contributed by atoms with Crippen molar-refractivity contribution in [1.29, 1.82) is 0 Å². The van der Waals surface area contributed by atoms with E-state index in [2.05, 4.69) is 11.1 Å². The number of carbonyl (C=O) groups excluding carboxylic acids is 1. The average molecular weight is 382 g/mol. The van der Waals surface area contributed by atoms with Crippen LogP contribution in [0.15, 0.2) is 36.4 Å². The van der Waals surface area contributed by atoms with E-state index in [0.29, 0.717) is 16.4 Å². The zero-order chi connectivity index (χ0) is 18.8. The van der Waals surface area contributed by atoms with Crippen LogP contribution in [0.25, 0.3) is 10.2 Å². The first kappa shape index (κ1) is 17.9. The molecule has 0 aliphatic heterocycles. The van der Waals surface area contributed by atoms with Crippen molar-refractivity contribution in [3.05, 3.63) is 53.1 Å². The van der Waals surface area contributed by atoms with Crippen molar-refractivity contribution in [2.45, 2.75) is 25.7 Å². The van der Waals surface area contributed by atoms with Gasteiger partial charge >= 0.3 is 0 Å². The fourth-order valence-electron chi connectivity index (χ4n) is 3.60. The van der Waals surface area contributed by atoms with Crippen molar-refractivity contribution in [2.75, 3.05) is 25.2 Å². The molecular formula is C21H22N2O3S. The molecule has 27 heavy (non-hydrogen) atoms. The van der Waals surface area contributed by atoms with Crippen molar-refractivity contribution in [2.24, 2.45) is 0 Å². The second-order valence-corrected chi connectivity index (χ2v) is 7.68. The zero-order valence-corrected chi connectivity index (χ0v) is 16.1. The number of hydrogen-bond donors (Lipinski definition) is 1. The second kappa shape index (κ2) is 7.66. The number of nitrogens with zero attached hydrogens (tertiary/aromatic N) is 2. The Hall–Kier alpha value is -2.44. The summed E-state index contributed by atoms with van der Waals surface area (Å²) in [5.74, 6) is 0.552. The first-order valence-electron chi connectivity index (χ1n) is 9.19. The summed E-state index contributed by atoms with van der Waals surface area (Å²) in [6.07, 6.45) is 4.49. The maximum atomic E-state index is 13.2. The number of para-hydroxylation sites is 1. The largest absolute Gasteiger partial charge is 0.494 e. The molecule has 0 atom stereocenters. The molecule has 2 aromatic carbocycles. The van der Waals surface area contributed by atoms with Crippen LogP contribution in [0.4, 0.5) is 5.13 Å². The highest BCUT2D eigenvalue weighted by molar-refractivity contribution is 7.22. The number of fused-ring (bicyclic) bond motifs is 2. The molecule has 0 bridgehead atoms. The normalized spacial score (nSPS) is 13.4. The highest BCUT2D eigenvalue weighted by Gasteiger charge is 2.23. The van der Waals surface area contributed by atoms with Crippen LogP contribution in [0.2, 0.25) is 0 Å². The third-order valence-corrected chi connectivity index (χ3v) is 6.03. The monoisotopic (exact) mass is 382 g/mol. The highest BCUT2D eigenvalue weighted by Crippen LogP contribution is 2.34. The molecule has 1 aliphatic carbocycles. The predicted molar refractivity (Wildman–Crippen MR) is 108 cm³/mol. The summed E-state index contributed by atoms with van der Waals surface area (Å²) in [6, 6.07) is 11.7. The Morgan fingerprint density at radius 2 is 2.04 bits per heavy atom. The molecule has 140 valence electrons. The summed E-state index contributed by atoms with van der Waals surface area (Å²) < 4.78 is 6.33. The molecule has 5 nitrogen and oxygen atoms in total. The number of benzene rings is 2. The fourth-order valence-corrected chi connectivity index (χ4v) is 4.61. The smallest absolute Gasteiger partial charge is 0.260 e. The number of methoxy groups -OCH3 is 1. The van der Waals surface area contributed by atoms with Gasteiger partial charge in [-0.05, 0) is 61.1 Å². The third kappa shape index (κ3) is 3.42. The number of aryl methyl sites for hydroxylation is 2. The minimum Gasteiger partial charge on any atom is -0.494 e. The van der Waals surface area contributed by atoms with Gasteiger partial charge in [0.2, 0.25) is 0 Å². The molecule has 1 aromatic heterocycles.